The minimum absolute atomic E-state index is 0.106. The number of H-pyrrole nitrogens is 1. The first-order valence-electron chi connectivity index (χ1n) is 7.26. The number of nitrogens with zero attached hydrogens (tertiary/aromatic N) is 2. The van der Waals surface area contributed by atoms with Crippen LogP contribution in [0.3, 0.4) is 0 Å². The van der Waals surface area contributed by atoms with Crippen LogP contribution in [0.4, 0.5) is 5.82 Å². The van der Waals surface area contributed by atoms with Crippen molar-refractivity contribution in [3.8, 4) is 0 Å². The summed E-state index contributed by atoms with van der Waals surface area (Å²) in [6, 6.07) is 2.14. The van der Waals surface area contributed by atoms with Crippen LogP contribution in [0.15, 0.2) is 6.07 Å². The van der Waals surface area contributed by atoms with Crippen molar-refractivity contribution >= 4 is 17.6 Å². The lowest BCUT2D eigenvalue weighted by molar-refractivity contribution is -0.129. The number of rotatable bonds is 3. The summed E-state index contributed by atoms with van der Waals surface area (Å²) in [5, 5.41) is 9.55. The van der Waals surface area contributed by atoms with Gasteiger partial charge in [-0.25, -0.2) is 0 Å². The van der Waals surface area contributed by atoms with Crippen molar-refractivity contribution in [2.24, 2.45) is 5.92 Å². The Morgan fingerprint density at radius 3 is 2.85 bits per heavy atom. The molecule has 1 unspecified atom stereocenters. The first-order valence-corrected chi connectivity index (χ1v) is 7.26. The van der Waals surface area contributed by atoms with Crippen LogP contribution in [0.5, 0.6) is 0 Å². The number of amides is 2. The SMILES string of the molecule is Cc1cc(NC(=O)C2CC(=O)N(C3CCCC3)C2)n[nH]1. The van der Waals surface area contributed by atoms with E-state index in [0.717, 1.165) is 18.5 Å². The molecule has 3 rings (SSSR count). The molecule has 6 nitrogen and oxygen atoms in total. The first kappa shape index (κ1) is 13.1. The number of likely N-dealkylation sites (tertiary alicyclic amines) is 1. The van der Waals surface area contributed by atoms with Crippen molar-refractivity contribution in [1.82, 2.24) is 15.1 Å². The summed E-state index contributed by atoms with van der Waals surface area (Å²) in [5.74, 6) is 0.292. The number of hydrogen-bond acceptors (Lipinski definition) is 3. The number of carbonyl (C=O) groups excluding carboxylic acids is 2. The summed E-state index contributed by atoms with van der Waals surface area (Å²) in [4.78, 5) is 26.2. The van der Waals surface area contributed by atoms with Gasteiger partial charge in [-0.2, -0.15) is 5.10 Å². The maximum absolute atomic E-state index is 12.2. The van der Waals surface area contributed by atoms with E-state index in [0.29, 0.717) is 24.8 Å². The lowest BCUT2D eigenvalue weighted by atomic mass is 10.1. The molecule has 0 bridgehead atoms. The average Bonchev–Trinajstić information content (AvgIpc) is 3.10. The molecule has 2 aliphatic rings. The highest BCUT2D eigenvalue weighted by Gasteiger charge is 2.38. The molecule has 1 aliphatic heterocycles. The number of aromatic amines is 1. The van der Waals surface area contributed by atoms with Gasteiger partial charge < -0.3 is 10.2 Å². The Morgan fingerprint density at radius 2 is 2.20 bits per heavy atom. The van der Waals surface area contributed by atoms with Gasteiger partial charge in [0.05, 0.1) is 5.92 Å². The van der Waals surface area contributed by atoms with Gasteiger partial charge in [0.2, 0.25) is 11.8 Å². The maximum atomic E-state index is 12.2. The lowest BCUT2D eigenvalue weighted by Gasteiger charge is -2.23. The highest BCUT2D eigenvalue weighted by atomic mass is 16.2. The number of aromatic nitrogens is 2. The van der Waals surface area contributed by atoms with Crippen molar-refractivity contribution in [2.75, 3.05) is 11.9 Å². The summed E-state index contributed by atoms with van der Waals surface area (Å²) < 4.78 is 0. The third kappa shape index (κ3) is 2.55. The molecule has 1 aliphatic carbocycles. The molecule has 2 heterocycles. The summed E-state index contributed by atoms with van der Waals surface area (Å²) in [6.45, 7) is 2.43. The fourth-order valence-electron chi connectivity index (χ4n) is 3.19. The Balaban J connectivity index is 1.60. The van der Waals surface area contributed by atoms with Gasteiger partial charge in [0.25, 0.3) is 0 Å². The molecule has 2 amide bonds. The molecule has 1 atom stereocenters. The van der Waals surface area contributed by atoms with Gasteiger partial charge in [-0.1, -0.05) is 12.8 Å². The van der Waals surface area contributed by atoms with E-state index >= 15 is 0 Å². The second-order valence-corrected chi connectivity index (χ2v) is 5.81. The van der Waals surface area contributed by atoms with Crippen molar-refractivity contribution in [1.29, 1.82) is 0 Å². The molecular formula is C14H20N4O2. The molecule has 1 saturated heterocycles. The summed E-state index contributed by atoms with van der Waals surface area (Å²) in [7, 11) is 0. The fourth-order valence-corrected chi connectivity index (χ4v) is 3.19. The van der Waals surface area contributed by atoms with E-state index in [1.54, 1.807) is 6.07 Å². The zero-order valence-corrected chi connectivity index (χ0v) is 11.7. The molecule has 20 heavy (non-hydrogen) atoms. The number of aryl methyl sites for hydroxylation is 1. The van der Waals surface area contributed by atoms with Crippen molar-refractivity contribution in [3.05, 3.63) is 11.8 Å². The minimum atomic E-state index is -0.250. The second kappa shape index (κ2) is 5.26. The molecule has 2 fully saturated rings. The van der Waals surface area contributed by atoms with E-state index in [4.69, 9.17) is 0 Å². The normalized spacial score (nSPS) is 23.6. The van der Waals surface area contributed by atoms with Gasteiger partial charge in [-0.15, -0.1) is 0 Å². The Labute approximate surface area is 117 Å². The van der Waals surface area contributed by atoms with Gasteiger partial charge in [0.1, 0.15) is 0 Å². The van der Waals surface area contributed by atoms with Crippen LogP contribution in [-0.4, -0.2) is 39.5 Å². The molecule has 6 heteroatoms. The van der Waals surface area contributed by atoms with Crippen LogP contribution in [0, 0.1) is 12.8 Å². The van der Waals surface area contributed by atoms with Crippen LogP contribution >= 0.6 is 0 Å². The predicted molar refractivity (Wildman–Crippen MR) is 74.0 cm³/mol. The fraction of sp³-hybridized carbons (Fsp3) is 0.643. The average molecular weight is 276 g/mol. The lowest BCUT2D eigenvalue weighted by Crippen LogP contribution is -2.35. The van der Waals surface area contributed by atoms with Crippen LogP contribution < -0.4 is 5.32 Å². The standard InChI is InChI=1S/C14H20N4O2/c1-9-6-12(17-16-9)15-14(20)10-7-13(19)18(8-10)11-4-2-3-5-11/h6,10-11H,2-5,7-8H2,1H3,(H2,15,16,17,20). The Morgan fingerprint density at radius 1 is 1.45 bits per heavy atom. The van der Waals surface area contributed by atoms with E-state index in [1.807, 2.05) is 11.8 Å². The topological polar surface area (TPSA) is 78.1 Å². The van der Waals surface area contributed by atoms with Gasteiger partial charge >= 0.3 is 0 Å². The summed E-state index contributed by atoms with van der Waals surface area (Å²) >= 11 is 0. The van der Waals surface area contributed by atoms with Crippen LogP contribution in [0.1, 0.15) is 37.8 Å². The molecule has 0 radical (unpaired) electrons. The molecule has 108 valence electrons. The molecule has 1 aromatic heterocycles. The van der Waals surface area contributed by atoms with Crippen molar-refractivity contribution < 1.29 is 9.59 Å². The molecule has 1 aromatic rings. The van der Waals surface area contributed by atoms with Crippen LogP contribution in [-0.2, 0) is 9.59 Å². The number of anilines is 1. The zero-order chi connectivity index (χ0) is 14.1. The molecule has 0 spiro atoms. The monoisotopic (exact) mass is 276 g/mol. The third-order valence-electron chi connectivity index (χ3n) is 4.25. The quantitative estimate of drug-likeness (QED) is 0.877. The second-order valence-electron chi connectivity index (χ2n) is 5.81. The maximum Gasteiger partial charge on any atom is 0.230 e. The largest absolute Gasteiger partial charge is 0.339 e. The first-order chi connectivity index (χ1) is 9.63. The Kier molecular flexibility index (Phi) is 3.46. The van der Waals surface area contributed by atoms with Gasteiger partial charge in [-0.05, 0) is 19.8 Å². The summed E-state index contributed by atoms with van der Waals surface area (Å²) in [6.07, 6.45) is 4.87. The van der Waals surface area contributed by atoms with Gasteiger partial charge in [0.15, 0.2) is 5.82 Å². The Bertz CT molecular complexity index is 519. The van der Waals surface area contributed by atoms with E-state index in [-0.39, 0.29) is 17.7 Å². The van der Waals surface area contributed by atoms with E-state index in [9.17, 15) is 9.59 Å². The summed E-state index contributed by atoms with van der Waals surface area (Å²) in [5.41, 5.74) is 0.899. The molecular weight excluding hydrogens is 256 g/mol. The van der Waals surface area contributed by atoms with E-state index < -0.39 is 0 Å². The zero-order valence-electron chi connectivity index (χ0n) is 11.7. The van der Waals surface area contributed by atoms with E-state index in [2.05, 4.69) is 15.5 Å². The number of hydrogen-bond donors (Lipinski definition) is 2. The third-order valence-corrected chi connectivity index (χ3v) is 4.25. The highest BCUT2D eigenvalue weighted by molar-refractivity contribution is 5.96. The molecule has 2 N–H and O–H groups in total. The van der Waals surface area contributed by atoms with Crippen molar-refractivity contribution in [3.63, 3.8) is 0 Å². The van der Waals surface area contributed by atoms with Gasteiger partial charge in [0, 0.05) is 30.8 Å². The van der Waals surface area contributed by atoms with Crippen LogP contribution in [0.25, 0.3) is 0 Å². The smallest absolute Gasteiger partial charge is 0.230 e. The molecule has 1 saturated carbocycles. The molecule has 0 aromatic carbocycles. The Hall–Kier alpha value is -1.85. The predicted octanol–water partition coefficient (Wildman–Crippen LogP) is 1.45. The van der Waals surface area contributed by atoms with E-state index in [1.165, 1.54) is 12.8 Å². The minimum Gasteiger partial charge on any atom is -0.339 e. The highest BCUT2D eigenvalue weighted by Crippen LogP contribution is 2.29. The number of nitrogens with one attached hydrogen (secondary N) is 2. The van der Waals surface area contributed by atoms with Crippen molar-refractivity contribution in [2.45, 2.75) is 45.1 Å². The van der Waals surface area contributed by atoms with Gasteiger partial charge in [-0.3, -0.25) is 14.7 Å². The number of carbonyl (C=O) groups is 2. The van der Waals surface area contributed by atoms with Crippen LogP contribution in [0.2, 0.25) is 0 Å².